The van der Waals surface area contributed by atoms with Gasteiger partial charge in [-0.15, -0.1) is 0 Å². The molecule has 25 rings (SSSR count). The van der Waals surface area contributed by atoms with Crippen molar-refractivity contribution >= 4 is 123 Å². The number of piperidine rings is 1. The third-order valence-electron chi connectivity index (χ3n) is 25.6. The van der Waals surface area contributed by atoms with Crippen molar-refractivity contribution in [3.63, 3.8) is 0 Å². The minimum atomic E-state index is -0.0942. The quantitative estimate of drug-likeness (QED) is 0.0283. The van der Waals surface area contributed by atoms with Gasteiger partial charge in [-0.1, -0.05) is 71.7 Å². The number of carbonyl (C=O) groups is 3. The molecule has 0 radical (unpaired) electrons. The lowest BCUT2D eigenvalue weighted by Gasteiger charge is -2.26. The van der Waals surface area contributed by atoms with Crippen molar-refractivity contribution in [1.29, 1.82) is 0 Å². The Hall–Kier alpha value is -18.9. The van der Waals surface area contributed by atoms with Gasteiger partial charge in [0.2, 0.25) is 17.7 Å². The molecule has 20 aromatic heterocycles. The Morgan fingerprint density at radius 2 is 0.642 bits per heavy atom. The average Bonchev–Trinajstić information content (AvgIpc) is 1.62. The summed E-state index contributed by atoms with van der Waals surface area (Å²) in [5, 5.41) is 43.3. The van der Waals surface area contributed by atoms with E-state index in [1.807, 2.05) is 172 Å². The van der Waals surface area contributed by atoms with Gasteiger partial charge < -0.3 is 54.2 Å². The van der Waals surface area contributed by atoms with E-state index in [1.54, 1.807) is 112 Å². The molecule has 0 saturated carbocycles. The molecular formula is C109H102N36O3. The Balaban J connectivity index is 0.000000112. The number of carbonyl (C=O) groups excluding carboxylic acids is 3. The number of hydrogen-bond acceptors (Lipinski definition) is 24. The average molecular weight is 1960 g/mol. The van der Waals surface area contributed by atoms with Gasteiger partial charge in [-0.25, -0.2) is 39.9 Å². The van der Waals surface area contributed by atoms with E-state index in [0.29, 0.717) is 76.7 Å². The molecule has 148 heavy (non-hydrogen) atoms. The van der Waals surface area contributed by atoms with E-state index in [4.69, 9.17) is 19.9 Å². The molecule has 0 aliphatic carbocycles. The molecule has 1 aliphatic rings. The number of aromatic amines is 8. The molecule has 736 valence electrons. The number of aryl methyl sites for hydroxylation is 4. The maximum Gasteiger partial charge on any atom is 0.224 e. The Kier molecular flexibility index (Phi) is 25.7. The summed E-state index contributed by atoms with van der Waals surface area (Å²) in [5.41, 5.74) is 30.9. The van der Waals surface area contributed by atoms with Crippen LogP contribution in [0.15, 0.2) is 246 Å². The van der Waals surface area contributed by atoms with Crippen molar-refractivity contribution in [2.75, 3.05) is 29.0 Å². The van der Waals surface area contributed by atoms with E-state index in [0.717, 1.165) is 209 Å². The Morgan fingerprint density at radius 3 is 0.953 bits per heavy atom. The smallest absolute Gasteiger partial charge is 0.224 e. The second-order valence-corrected chi connectivity index (χ2v) is 38.1. The second-order valence-electron chi connectivity index (χ2n) is 38.1. The predicted octanol–water partition coefficient (Wildman–Crippen LogP) is 20.5. The summed E-state index contributed by atoms with van der Waals surface area (Å²) >= 11 is 0. The molecular weight excluding hydrogens is 1860 g/mol. The third kappa shape index (κ3) is 20.1. The number of fused-ring (bicyclic) bond motifs is 8. The Bertz CT molecular complexity index is 9060. The highest BCUT2D eigenvalue weighted by atomic mass is 16.2. The van der Waals surface area contributed by atoms with Gasteiger partial charge in [0.1, 0.15) is 44.8 Å². The molecule has 11 N–H and O–H groups in total. The van der Waals surface area contributed by atoms with Gasteiger partial charge in [0.25, 0.3) is 0 Å². The van der Waals surface area contributed by atoms with Crippen molar-refractivity contribution in [2.24, 2.45) is 5.41 Å². The number of H-pyrrole nitrogens is 8. The number of nitrogens with zero attached hydrogens (tertiary/aromatic N) is 25. The Morgan fingerprint density at radius 1 is 0.331 bits per heavy atom. The van der Waals surface area contributed by atoms with Crippen molar-refractivity contribution in [2.45, 2.75) is 127 Å². The van der Waals surface area contributed by atoms with E-state index in [-0.39, 0.29) is 23.1 Å². The van der Waals surface area contributed by atoms with Crippen molar-refractivity contribution < 1.29 is 14.4 Å². The first kappa shape index (κ1) is 94.0. The number of anilines is 3. The molecule has 39 nitrogen and oxygen atoms in total. The van der Waals surface area contributed by atoms with E-state index >= 15 is 0 Å². The maximum absolute atomic E-state index is 12.4. The number of imidazole rings is 8. The number of rotatable bonds is 23. The van der Waals surface area contributed by atoms with Gasteiger partial charge in [-0.05, 0) is 172 Å². The van der Waals surface area contributed by atoms with Crippen molar-refractivity contribution in [3.05, 3.63) is 275 Å². The molecule has 0 bridgehead atoms. The monoisotopic (exact) mass is 1960 g/mol. The van der Waals surface area contributed by atoms with Crippen LogP contribution in [0.4, 0.5) is 17.1 Å². The number of nitrogens with one attached hydrogen (secondary N) is 11. The molecule has 4 aromatic carbocycles. The lowest BCUT2D eigenvalue weighted by atomic mass is 9.92. The highest BCUT2D eigenvalue weighted by Crippen LogP contribution is 2.40. The minimum Gasteiger partial charge on any atom is -0.335 e. The molecule has 3 amide bonds. The normalized spacial score (nSPS) is 12.3. The molecule has 1 fully saturated rings. The van der Waals surface area contributed by atoms with Gasteiger partial charge in [0.15, 0.2) is 23.3 Å². The molecule has 0 spiro atoms. The van der Waals surface area contributed by atoms with Crippen LogP contribution in [-0.4, -0.2) is 194 Å². The van der Waals surface area contributed by atoms with Gasteiger partial charge in [0.05, 0.1) is 200 Å². The molecule has 21 heterocycles. The third-order valence-corrected chi connectivity index (χ3v) is 25.6. The first-order chi connectivity index (χ1) is 72.1. The highest BCUT2D eigenvalue weighted by Gasteiger charge is 2.26. The topological polar surface area (TPSA) is 494 Å². The highest BCUT2D eigenvalue weighted by molar-refractivity contribution is 6.03. The van der Waals surface area contributed by atoms with Gasteiger partial charge in [-0.2, -0.15) is 20.4 Å². The number of pyridine rings is 8. The zero-order valence-corrected chi connectivity index (χ0v) is 82.5. The molecule has 1 aliphatic heterocycles. The van der Waals surface area contributed by atoms with Gasteiger partial charge in [0, 0.05) is 125 Å². The minimum absolute atomic E-state index is 0.00188. The van der Waals surface area contributed by atoms with Crippen molar-refractivity contribution in [3.8, 4) is 113 Å². The summed E-state index contributed by atoms with van der Waals surface area (Å²) in [6.45, 7) is 21.2. The second kappa shape index (κ2) is 40.5. The number of benzene rings is 4. The van der Waals surface area contributed by atoms with Crippen LogP contribution in [0.2, 0.25) is 0 Å². The molecule has 39 heteroatoms. The summed E-state index contributed by atoms with van der Waals surface area (Å²) in [5.74, 6) is 2.55. The van der Waals surface area contributed by atoms with Gasteiger partial charge >= 0.3 is 0 Å². The fourth-order valence-corrected chi connectivity index (χ4v) is 18.4. The van der Waals surface area contributed by atoms with E-state index in [9.17, 15) is 14.4 Å². The maximum atomic E-state index is 12.4. The number of aromatic nitrogens is 32. The number of hydrogen-bond donors (Lipinski definition) is 11. The van der Waals surface area contributed by atoms with Gasteiger partial charge in [-0.3, -0.25) is 79.6 Å². The van der Waals surface area contributed by atoms with Crippen LogP contribution < -0.4 is 16.0 Å². The van der Waals surface area contributed by atoms with Crippen LogP contribution >= 0.6 is 0 Å². The fourth-order valence-electron chi connectivity index (χ4n) is 18.4. The van der Waals surface area contributed by atoms with E-state index in [1.165, 1.54) is 37.9 Å². The van der Waals surface area contributed by atoms with Crippen LogP contribution in [0.1, 0.15) is 121 Å². The van der Waals surface area contributed by atoms with Crippen LogP contribution in [0, 0.1) is 33.1 Å². The Labute approximate surface area is 844 Å². The zero-order chi connectivity index (χ0) is 101. The predicted molar refractivity (Wildman–Crippen MR) is 570 cm³/mol. The first-order valence-electron chi connectivity index (χ1n) is 48.9. The summed E-state index contributed by atoms with van der Waals surface area (Å²) in [4.78, 5) is 125. The van der Waals surface area contributed by atoms with Crippen LogP contribution in [0.25, 0.3) is 201 Å². The number of unbranched alkanes of at least 4 members (excludes halogenated alkanes) is 1. The van der Waals surface area contributed by atoms with Crippen LogP contribution in [-0.2, 0) is 20.9 Å². The summed E-state index contributed by atoms with van der Waals surface area (Å²) in [6, 6.07) is 32.5. The zero-order valence-electron chi connectivity index (χ0n) is 82.5. The van der Waals surface area contributed by atoms with Crippen LogP contribution in [0.3, 0.4) is 0 Å². The summed E-state index contributed by atoms with van der Waals surface area (Å²) in [6.07, 6.45) is 51.2. The van der Waals surface area contributed by atoms with E-state index in [2.05, 4.69) is 185 Å². The standard InChI is InChI=1S/C28H27N9O.C28H27N9.C27H25N9O.C26H23N9O/c1-16-14-37(15-31-16)23-13-30-12-22-26(23)34-27(33-22)25-20-8-17(5-6-21(20)35-36-25)18-7-19(11-29-10-18)32-24(38)9-28(2,3)4;1-18-15-37(17-31-18)25-14-30-13-24-27(25)33-28(32-24)26-22-10-20(5-6-23(22)34-35-26)21-9-19(11-29-12-21)16-36-7-3-2-4-8-36;1-3-4-5-24(37)31-19-8-18(10-28-11-19)17-6-7-21-20(9-17)25(35-34-21)27-32-22-12-29-13-23(26(22)33-27)36-14-16(2)30-15-36;1-3-4-23(36)30-18-7-17(9-27-10-18)16-5-6-20-19(8-16)24(34-33-20)26-31-21-11-28-12-22(25(21)32-26)35-13-15(2)29-14-35/h5-8,10-15H,9H2,1-4H3,(H,32,38)(H,33,34)(H,35,36);5-6,9-15,17H,2-4,7-8,16H2,1H3,(H,32,33)(H,34,35);6-15H,3-5H2,1-2H3,(H,31,37)(H,32,33)(H,34,35);5-14H,3-4H2,1-2H3,(H,30,36)(H,31,32)(H,33,34). The molecule has 0 unspecified atom stereocenters. The molecule has 24 aromatic rings. The first-order valence-corrected chi connectivity index (χ1v) is 48.9. The number of amides is 3. The fraction of sp³-hybridized carbons (Fsp3) is 0.202. The lowest BCUT2D eigenvalue weighted by molar-refractivity contribution is -0.118. The lowest BCUT2D eigenvalue weighted by Crippen LogP contribution is -2.29. The SMILES string of the molecule is CCCC(=O)Nc1cncc(-c2ccc3[nH]nc(-c4nc5c(-n6cnc(C)c6)cncc5[nH]4)c3c2)c1.CCCCC(=O)Nc1cncc(-c2ccc3[nH]nc(-c4nc5c(-n6cnc(C)c6)cncc5[nH]4)c3c2)c1.Cc1cn(-c2cncc3[nH]c(-c4n[nH]c5ccc(-c6cncc(CN7CCCCC7)c6)cc45)nc23)cn1.Cc1cn(-c2cncc3[nH]c(-c4n[nH]c5ccc(-c6cncc(NC(=O)CC(C)(C)C)c6)cc45)nc23)cn1. The van der Waals surface area contributed by atoms with E-state index < -0.39 is 0 Å². The number of likely N-dealkylation sites (tertiary alicyclic amines) is 1. The summed E-state index contributed by atoms with van der Waals surface area (Å²) < 4.78 is 7.68. The molecule has 0 atom stereocenters. The van der Waals surface area contributed by atoms with Crippen molar-refractivity contribution in [1.82, 2.24) is 164 Å². The summed E-state index contributed by atoms with van der Waals surface area (Å²) in [7, 11) is 0. The molecule has 1 saturated heterocycles. The van der Waals surface area contributed by atoms with Crippen LogP contribution in [0.5, 0.6) is 0 Å². The largest absolute Gasteiger partial charge is 0.335 e.